The predicted molar refractivity (Wildman–Crippen MR) is 63.8 cm³/mol. The average molecular weight is 209 g/mol. The summed E-state index contributed by atoms with van der Waals surface area (Å²) in [5.74, 6) is 0.648. The molecule has 3 nitrogen and oxygen atoms in total. The van der Waals surface area contributed by atoms with E-state index in [1.165, 1.54) is 5.56 Å². The van der Waals surface area contributed by atoms with Crippen molar-refractivity contribution in [2.75, 3.05) is 0 Å². The van der Waals surface area contributed by atoms with E-state index in [9.17, 15) is 0 Å². The van der Waals surface area contributed by atoms with Gasteiger partial charge in [-0.1, -0.05) is 27.7 Å². The van der Waals surface area contributed by atoms with E-state index in [0.29, 0.717) is 12.0 Å². The molecule has 0 aliphatic carbocycles. The van der Waals surface area contributed by atoms with Crippen molar-refractivity contribution in [2.45, 2.75) is 53.8 Å². The summed E-state index contributed by atoms with van der Waals surface area (Å²) in [6, 6.07) is 0.526. The molecule has 15 heavy (non-hydrogen) atoms. The van der Waals surface area contributed by atoms with Gasteiger partial charge in [-0.15, -0.1) is 0 Å². The molecule has 1 aromatic rings. The van der Waals surface area contributed by atoms with E-state index in [1.807, 2.05) is 0 Å². The lowest BCUT2D eigenvalue weighted by Crippen LogP contribution is -2.21. The van der Waals surface area contributed by atoms with Crippen LogP contribution in [0.1, 0.15) is 39.0 Å². The number of nitrogens with one attached hydrogen (secondary N) is 1. The van der Waals surface area contributed by atoms with Crippen molar-refractivity contribution in [2.24, 2.45) is 5.92 Å². The predicted octanol–water partition coefficient (Wildman–Crippen LogP) is 2.35. The van der Waals surface area contributed by atoms with Crippen LogP contribution in [-0.4, -0.2) is 15.8 Å². The number of aromatic nitrogens is 2. The zero-order chi connectivity index (χ0) is 11.4. The highest BCUT2D eigenvalue weighted by molar-refractivity contribution is 5.15. The second-order valence-corrected chi connectivity index (χ2v) is 4.89. The van der Waals surface area contributed by atoms with Crippen molar-refractivity contribution < 1.29 is 0 Å². The van der Waals surface area contributed by atoms with E-state index >= 15 is 0 Å². The summed E-state index contributed by atoms with van der Waals surface area (Å²) >= 11 is 0. The second kappa shape index (κ2) is 5.31. The van der Waals surface area contributed by atoms with Gasteiger partial charge in [-0.3, -0.25) is 4.68 Å². The van der Waals surface area contributed by atoms with Crippen molar-refractivity contribution >= 4 is 0 Å². The van der Waals surface area contributed by atoms with Gasteiger partial charge in [0.15, 0.2) is 0 Å². The lowest BCUT2D eigenvalue weighted by molar-refractivity contribution is 0.481. The summed E-state index contributed by atoms with van der Waals surface area (Å²) in [6.07, 6.45) is 2.16. The van der Waals surface area contributed by atoms with Crippen LogP contribution >= 0.6 is 0 Å². The summed E-state index contributed by atoms with van der Waals surface area (Å²) in [7, 11) is 0. The van der Waals surface area contributed by atoms with Crippen LogP contribution in [0.25, 0.3) is 0 Å². The largest absolute Gasteiger partial charge is 0.310 e. The lowest BCUT2D eigenvalue weighted by atomic mass is 10.2. The Morgan fingerprint density at radius 2 is 2.00 bits per heavy atom. The van der Waals surface area contributed by atoms with Gasteiger partial charge in [0.25, 0.3) is 0 Å². The highest BCUT2D eigenvalue weighted by atomic mass is 15.3. The molecule has 3 heteroatoms. The summed E-state index contributed by atoms with van der Waals surface area (Å²) in [4.78, 5) is 0. The van der Waals surface area contributed by atoms with Crippen LogP contribution in [0.3, 0.4) is 0 Å². The Bertz CT molecular complexity index is 300. The Kier molecular flexibility index (Phi) is 4.33. The molecule has 0 amide bonds. The number of hydrogen-bond acceptors (Lipinski definition) is 2. The van der Waals surface area contributed by atoms with E-state index in [4.69, 9.17) is 0 Å². The first-order valence-corrected chi connectivity index (χ1v) is 5.75. The highest BCUT2D eigenvalue weighted by Gasteiger charge is 2.06. The molecular weight excluding hydrogens is 186 g/mol. The first-order valence-electron chi connectivity index (χ1n) is 5.75. The monoisotopic (exact) mass is 209 g/mol. The molecule has 0 unspecified atom stereocenters. The number of rotatable bonds is 5. The van der Waals surface area contributed by atoms with E-state index in [1.54, 1.807) is 0 Å². The fourth-order valence-electron chi connectivity index (χ4n) is 1.51. The molecule has 0 atom stereocenters. The number of hydrogen-bond donors (Lipinski definition) is 1. The van der Waals surface area contributed by atoms with Gasteiger partial charge in [-0.05, 0) is 12.8 Å². The third kappa shape index (κ3) is 4.04. The standard InChI is InChI=1S/C12H23N3/c1-9(2)7-15-8-12(11(5)14-15)6-13-10(3)4/h8-10,13H,6-7H2,1-5H3. The molecule has 86 valence electrons. The van der Waals surface area contributed by atoms with Gasteiger partial charge in [-0.2, -0.15) is 5.10 Å². The molecular formula is C12H23N3. The third-order valence-corrected chi connectivity index (χ3v) is 2.30. The molecule has 0 saturated carbocycles. The number of aryl methyl sites for hydroxylation is 1. The molecule has 1 aromatic heterocycles. The maximum Gasteiger partial charge on any atom is 0.0638 e. The van der Waals surface area contributed by atoms with Crippen molar-refractivity contribution in [1.82, 2.24) is 15.1 Å². The van der Waals surface area contributed by atoms with Crippen molar-refractivity contribution in [3.05, 3.63) is 17.5 Å². The molecule has 0 radical (unpaired) electrons. The fourth-order valence-corrected chi connectivity index (χ4v) is 1.51. The second-order valence-electron chi connectivity index (χ2n) is 4.89. The lowest BCUT2D eigenvalue weighted by Gasteiger charge is -2.06. The Morgan fingerprint density at radius 1 is 1.33 bits per heavy atom. The maximum atomic E-state index is 4.51. The molecule has 1 N–H and O–H groups in total. The molecule has 1 rings (SSSR count). The van der Waals surface area contributed by atoms with Gasteiger partial charge < -0.3 is 5.32 Å². The first-order chi connectivity index (χ1) is 6.99. The van der Waals surface area contributed by atoms with Crippen LogP contribution in [-0.2, 0) is 13.1 Å². The Morgan fingerprint density at radius 3 is 2.53 bits per heavy atom. The van der Waals surface area contributed by atoms with E-state index in [2.05, 4.69) is 55.9 Å². The van der Waals surface area contributed by atoms with Crippen LogP contribution in [0.4, 0.5) is 0 Å². The Balaban J connectivity index is 2.60. The van der Waals surface area contributed by atoms with Crippen molar-refractivity contribution in [3.8, 4) is 0 Å². The summed E-state index contributed by atoms with van der Waals surface area (Å²) in [6.45, 7) is 12.7. The molecule has 0 aliphatic rings. The van der Waals surface area contributed by atoms with Crippen LogP contribution in [0.2, 0.25) is 0 Å². The van der Waals surface area contributed by atoms with E-state index in [0.717, 1.165) is 18.8 Å². The van der Waals surface area contributed by atoms with Gasteiger partial charge in [0.05, 0.1) is 5.69 Å². The minimum absolute atomic E-state index is 0.526. The maximum absolute atomic E-state index is 4.51. The Labute approximate surface area is 92.9 Å². The molecule has 1 heterocycles. The van der Waals surface area contributed by atoms with Gasteiger partial charge in [0, 0.05) is 30.9 Å². The first kappa shape index (κ1) is 12.2. The fraction of sp³-hybridized carbons (Fsp3) is 0.750. The molecule has 0 bridgehead atoms. The van der Waals surface area contributed by atoms with Gasteiger partial charge in [0.1, 0.15) is 0 Å². The zero-order valence-corrected chi connectivity index (χ0v) is 10.5. The van der Waals surface area contributed by atoms with Crippen LogP contribution in [0.5, 0.6) is 0 Å². The van der Waals surface area contributed by atoms with E-state index < -0.39 is 0 Å². The normalized spacial score (nSPS) is 11.7. The van der Waals surface area contributed by atoms with Gasteiger partial charge >= 0.3 is 0 Å². The summed E-state index contributed by atoms with van der Waals surface area (Å²) in [5.41, 5.74) is 2.45. The number of nitrogens with zero attached hydrogens (tertiary/aromatic N) is 2. The van der Waals surface area contributed by atoms with Gasteiger partial charge in [0.2, 0.25) is 0 Å². The van der Waals surface area contributed by atoms with Crippen LogP contribution < -0.4 is 5.32 Å². The third-order valence-electron chi connectivity index (χ3n) is 2.30. The van der Waals surface area contributed by atoms with Gasteiger partial charge in [-0.25, -0.2) is 0 Å². The average Bonchev–Trinajstić information content (AvgIpc) is 2.41. The molecule has 0 fully saturated rings. The summed E-state index contributed by atoms with van der Waals surface area (Å²) in [5, 5.41) is 7.92. The molecule has 0 aliphatic heterocycles. The molecule has 0 spiro atoms. The molecule has 0 saturated heterocycles. The zero-order valence-electron chi connectivity index (χ0n) is 10.5. The van der Waals surface area contributed by atoms with Crippen LogP contribution in [0.15, 0.2) is 6.20 Å². The van der Waals surface area contributed by atoms with Crippen molar-refractivity contribution in [3.63, 3.8) is 0 Å². The smallest absolute Gasteiger partial charge is 0.0638 e. The van der Waals surface area contributed by atoms with Crippen LogP contribution in [0, 0.1) is 12.8 Å². The Hall–Kier alpha value is -0.830. The summed E-state index contributed by atoms with van der Waals surface area (Å²) < 4.78 is 2.05. The minimum Gasteiger partial charge on any atom is -0.310 e. The quantitative estimate of drug-likeness (QED) is 0.806. The van der Waals surface area contributed by atoms with E-state index in [-0.39, 0.29) is 0 Å². The highest BCUT2D eigenvalue weighted by Crippen LogP contribution is 2.07. The molecule has 0 aromatic carbocycles. The van der Waals surface area contributed by atoms with Crippen molar-refractivity contribution in [1.29, 1.82) is 0 Å². The minimum atomic E-state index is 0.526. The topological polar surface area (TPSA) is 29.9 Å². The SMILES string of the molecule is Cc1nn(CC(C)C)cc1CNC(C)C.